The Morgan fingerprint density at radius 3 is 2.30 bits per heavy atom. The minimum absolute atomic E-state index is 0.132. The van der Waals surface area contributed by atoms with Gasteiger partial charge >= 0.3 is 0 Å². The zero-order valence-corrected chi connectivity index (χ0v) is 18.7. The second-order valence-corrected chi connectivity index (χ2v) is 8.90. The lowest BCUT2D eigenvalue weighted by atomic mass is 10.2. The van der Waals surface area contributed by atoms with Crippen molar-refractivity contribution in [2.24, 2.45) is 5.10 Å². The van der Waals surface area contributed by atoms with Gasteiger partial charge in [-0.25, -0.2) is 5.43 Å². The molecule has 1 aliphatic heterocycles. The Bertz CT molecular complexity index is 884. The van der Waals surface area contributed by atoms with Crippen LogP contribution in [0.25, 0.3) is 0 Å². The second kappa shape index (κ2) is 11.0. The van der Waals surface area contributed by atoms with Gasteiger partial charge in [-0.15, -0.1) is 23.5 Å². The molecule has 0 atom stereocenters. The van der Waals surface area contributed by atoms with Gasteiger partial charge in [-0.3, -0.25) is 4.79 Å². The predicted octanol–water partition coefficient (Wildman–Crippen LogP) is 3.72. The fourth-order valence-corrected chi connectivity index (χ4v) is 5.64. The number of hydrogen-bond acceptors (Lipinski definition) is 8. The van der Waals surface area contributed by atoms with E-state index in [9.17, 15) is 4.79 Å². The Morgan fingerprint density at radius 1 is 1.03 bits per heavy atom. The molecule has 30 heavy (non-hydrogen) atoms. The molecule has 3 rings (SSSR count). The molecule has 7 nitrogen and oxygen atoms in total. The van der Waals surface area contributed by atoms with Crippen LogP contribution in [0.1, 0.15) is 15.7 Å². The maximum absolute atomic E-state index is 12.0. The number of benzene rings is 2. The summed E-state index contributed by atoms with van der Waals surface area (Å²) in [6, 6.07) is 11.3. The molecule has 1 N–H and O–H groups in total. The molecule has 2 aromatic carbocycles. The first-order chi connectivity index (χ1) is 14.6. The summed E-state index contributed by atoms with van der Waals surface area (Å²) in [6.45, 7) is -0.132. The second-order valence-electron chi connectivity index (χ2n) is 6.17. The first-order valence-electron chi connectivity index (χ1n) is 9.22. The number of carbonyl (C=O) groups is 1. The standard InChI is InChI=1S/C21H24N2O5S2/c1-25-17-11-19(27-3)18(26-2)10-15(17)12-22-23-20(24)13-28-16-6-4-14(5-7-16)21-29-8-9-30-21/h4-7,10-12,21H,8-9,13H2,1-3H3,(H,23,24)/b22-12-. The monoisotopic (exact) mass is 448 g/mol. The molecule has 1 amide bonds. The lowest BCUT2D eigenvalue weighted by Gasteiger charge is -2.11. The average Bonchev–Trinajstić information content (AvgIpc) is 3.32. The van der Waals surface area contributed by atoms with Gasteiger partial charge in [-0.1, -0.05) is 12.1 Å². The van der Waals surface area contributed by atoms with Gasteiger partial charge in [0.25, 0.3) is 5.91 Å². The first-order valence-corrected chi connectivity index (χ1v) is 11.3. The minimum atomic E-state index is -0.364. The van der Waals surface area contributed by atoms with Crippen LogP contribution in [0.2, 0.25) is 0 Å². The van der Waals surface area contributed by atoms with E-state index in [1.807, 2.05) is 47.8 Å². The topological polar surface area (TPSA) is 78.4 Å². The Balaban J connectivity index is 1.52. The molecule has 0 unspecified atom stereocenters. The summed E-state index contributed by atoms with van der Waals surface area (Å²) in [5, 5.41) is 3.97. The summed E-state index contributed by atoms with van der Waals surface area (Å²) in [5.74, 6) is 4.27. The molecule has 0 saturated carbocycles. The predicted molar refractivity (Wildman–Crippen MR) is 121 cm³/mol. The van der Waals surface area contributed by atoms with Crippen molar-refractivity contribution in [3.8, 4) is 23.0 Å². The third-order valence-electron chi connectivity index (χ3n) is 4.27. The van der Waals surface area contributed by atoms with E-state index in [4.69, 9.17) is 18.9 Å². The largest absolute Gasteiger partial charge is 0.496 e. The molecule has 160 valence electrons. The minimum Gasteiger partial charge on any atom is -0.496 e. The zero-order valence-electron chi connectivity index (χ0n) is 17.0. The molecule has 1 fully saturated rings. The van der Waals surface area contributed by atoms with Crippen LogP contribution in [0.5, 0.6) is 23.0 Å². The Labute approximate surface area is 184 Å². The molecule has 0 bridgehead atoms. The molecule has 0 aliphatic carbocycles. The highest BCUT2D eigenvalue weighted by atomic mass is 32.2. The van der Waals surface area contributed by atoms with Gasteiger partial charge in [0, 0.05) is 23.1 Å². The van der Waals surface area contributed by atoms with Crippen molar-refractivity contribution in [1.29, 1.82) is 0 Å². The number of ether oxygens (including phenoxy) is 4. The number of thioether (sulfide) groups is 2. The van der Waals surface area contributed by atoms with Crippen LogP contribution < -0.4 is 24.4 Å². The highest BCUT2D eigenvalue weighted by Gasteiger charge is 2.18. The summed E-state index contributed by atoms with van der Waals surface area (Å²) in [4.78, 5) is 12.0. The van der Waals surface area contributed by atoms with E-state index >= 15 is 0 Å². The number of carbonyl (C=O) groups excluding carboxylic acids is 1. The van der Waals surface area contributed by atoms with Crippen LogP contribution in [-0.4, -0.2) is 51.6 Å². The highest BCUT2D eigenvalue weighted by molar-refractivity contribution is 8.19. The van der Waals surface area contributed by atoms with Gasteiger partial charge in [-0.2, -0.15) is 5.10 Å². The molecule has 1 saturated heterocycles. The van der Waals surface area contributed by atoms with E-state index in [-0.39, 0.29) is 12.5 Å². The van der Waals surface area contributed by atoms with Crippen LogP contribution in [-0.2, 0) is 4.79 Å². The van der Waals surface area contributed by atoms with Gasteiger partial charge < -0.3 is 18.9 Å². The van der Waals surface area contributed by atoms with Gasteiger partial charge in [0.15, 0.2) is 18.1 Å². The lowest BCUT2D eigenvalue weighted by Crippen LogP contribution is -2.24. The van der Waals surface area contributed by atoms with Crippen molar-refractivity contribution in [3.63, 3.8) is 0 Å². The first kappa shape index (κ1) is 22.2. The van der Waals surface area contributed by atoms with Crippen LogP contribution in [0.4, 0.5) is 0 Å². The maximum Gasteiger partial charge on any atom is 0.277 e. The zero-order chi connectivity index (χ0) is 21.3. The molecular weight excluding hydrogens is 424 g/mol. The number of amides is 1. The summed E-state index contributed by atoms with van der Waals surface area (Å²) >= 11 is 3.90. The van der Waals surface area contributed by atoms with E-state index < -0.39 is 0 Å². The lowest BCUT2D eigenvalue weighted by molar-refractivity contribution is -0.123. The van der Waals surface area contributed by atoms with Crippen LogP contribution in [0.3, 0.4) is 0 Å². The van der Waals surface area contributed by atoms with Crippen LogP contribution >= 0.6 is 23.5 Å². The van der Waals surface area contributed by atoms with E-state index in [1.54, 1.807) is 33.5 Å². The van der Waals surface area contributed by atoms with Gasteiger partial charge in [0.2, 0.25) is 0 Å². The molecule has 9 heteroatoms. The SMILES string of the molecule is COc1cc(OC)c(OC)cc1/C=N\NC(=O)COc1ccc(C2SCCS2)cc1. The van der Waals surface area contributed by atoms with Gasteiger partial charge in [0.05, 0.1) is 32.1 Å². The number of nitrogens with zero attached hydrogens (tertiary/aromatic N) is 1. The molecule has 1 aliphatic rings. The fraction of sp³-hybridized carbons (Fsp3) is 0.333. The summed E-state index contributed by atoms with van der Waals surface area (Å²) < 4.78 is 21.9. The van der Waals surface area contributed by atoms with Crippen LogP contribution in [0, 0.1) is 0 Å². The van der Waals surface area contributed by atoms with Crippen molar-refractivity contribution in [2.45, 2.75) is 4.58 Å². The maximum atomic E-state index is 12.0. The third-order valence-corrected chi connectivity index (χ3v) is 7.38. The smallest absolute Gasteiger partial charge is 0.277 e. The molecule has 0 aromatic heterocycles. The number of hydrogen-bond donors (Lipinski definition) is 1. The van der Waals surface area contributed by atoms with Crippen molar-refractivity contribution in [1.82, 2.24) is 5.43 Å². The van der Waals surface area contributed by atoms with Crippen molar-refractivity contribution in [2.75, 3.05) is 39.4 Å². The quantitative estimate of drug-likeness (QED) is 0.463. The summed E-state index contributed by atoms with van der Waals surface area (Å²) in [5.41, 5.74) is 4.35. The van der Waals surface area contributed by atoms with E-state index in [0.717, 1.165) is 0 Å². The molecular formula is C21H24N2O5S2. The summed E-state index contributed by atoms with van der Waals surface area (Å²) in [6.07, 6.45) is 1.48. The van der Waals surface area contributed by atoms with E-state index in [2.05, 4.69) is 10.5 Å². The Hall–Kier alpha value is -2.52. The van der Waals surface area contributed by atoms with Crippen molar-refractivity contribution >= 4 is 35.6 Å². The fourth-order valence-electron chi connectivity index (χ4n) is 2.78. The number of hydrazone groups is 1. The molecule has 0 radical (unpaired) electrons. The third kappa shape index (κ3) is 5.76. The van der Waals surface area contributed by atoms with E-state index in [0.29, 0.717) is 33.1 Å². The normalized spacial score (nSPS) is 14.0. The number of nitrogens with one attached hydrogen (secondary N) is 1. The summed E-state index contributed by atoms with van der Waals surface area (Å²) in [7, 11) is 4.63. The van der Waals surface area contributed by atoms with Crippen LogP contribution in [0.15, 0.2) is 41.5 Å². The van der Waals surface area contributed by atoms with E-state index in [1.165, 1.54) is 23.3 Å². The average molecular weight is 449 g/mol. The van der Waals surface area contributed by atoms with Crippen molar-refractivity contribution < 1.29 is 23.7 Å². The van der Waals surface area contributed by atoms with Gasteiger partial charge in [0.1, 0.15) is 11.5 Å². The number of methoxy groups -OCH3 is 3. The molecule has 2 aromatic rings. The Morgan fingerprint density at radius 2 is 1.67 bits per heavy atom. The van der Waals surface area contributed by atoms with Gasteiger partial charge in [-0.05, 0) is 23.8 Å². The van der Waals surface area contributed by atoms with Crippen molar-refractivity contribution in [3.05, 3.63) is 47.5 Å². The number of rotatable bonds is 9. The molecule has 0 spiro atoms. The molecule has 1 heterocycles. The highest BCUT2D eigenvalue weighted by Crippen LogP contribution is 2.45. The Kier molecular flexibility index (Phi) is 8.15.